The lowest BCUT2D eigenvalue weighted by atomic mass is 9.81. The van der Waals surface area contributed by atoms with Crippen LogP contribution in [0, 0.1) is 11.8 Å². The molecular weight excluding hydrogens is 555 g/mol. The van der Waals surface area contributed by atoms with Gasteiger partial charge < -0.3 is 9.47 Å². The van der Waals surface area contributed by atoms with Crippen LogP contribution in [0.15, 0.2) is 36.4 Å². The lowest BCUT2D eigenvalue weighted by Crippen LogP contribution is -2.66. The molecule has 3 aliphatic rings. The molecule has 224 valence electrons. The number of halogens is 7. The van der Waals surface area contributed by atoms with Gasteiger partial charge in [-0.15, -0.1) is 0 Å². The van der Waals surface area contributed by atoms with Gasteiger partial charge in [-0.1, -0.05) is 19.1 Å². The molecule has 2 fully saturated rings. The third kappa shape index (κ3) is 5.79. The maximum atomic E-state index is 16.1. The molecule has 2 aromatic rings. The van der Waals surface area contributed by atoms with E-state index in [1.54, 1.807) is 0 Å². The molecule has 2 aromatic carbocycles. The number of aryl methyl sites for hydroxylation is 1. The summed E-state index contributed by atoms with van der Waals surface area (Å²) in [7, 11) is 1.35. The zero-order chi connectivity index (χ0) is 29.9. The number of hydrogen-bond acceptors (Lipinski definition) is 4. The third-order valence-electron chi connectivity index (χ3n) is 8.85. The Bertz CT molecular complexity index is 1300. The lowest BCUT2D eigenvalue weighted by molar-refractivity contribution is -0.146. The summed E-state index contributed by atoms with van der Waals surface area (Å²) in [6.45, 7) is 2.64. The quantitative estimate of drug-likeness (QED) is 0.248. The van der Waals surface area contributed by atoms with Gasteiger partial charge >= 0.3 is 18.3 Å². The average molecular weight is 588 g/mol. The van der Waals surface area contributed by atoms with Crippen molar-refractivity contribution in [2.24, 2.45) is 11.8 Å². The number of likely N-dealkylation sites (tertiary alicyclic amines) is 1. The minimum atomic E-state index is -4.86. The first-order valence-corrected chi connectivity index (χ1v) is 13.7. The SMILES string of the molecule is COC(=O)[C@@H](C)[C@H](c1ccc2c(c1)OC(C1(F)CN([C@H](C)c3cc(C(F)(F)F)ccc3C(F)(F)F)C1)CC2)C1CC1. The van der Waals surface area contributed by atoms with E-state index >= 15 is 4.39 Å². The summed E-state index contributed by atoms with van der Waals surface area (Å²) >= 11 is 0. The Morgan fingerprint density at radius 3 is 2.27 bits per heavy atom. The van der Waals surface area contributed by atoms with Crippen LogP contribution in [0.3, 0.4) is 0 Å². The van der Waals surface area contributed by atoms with Crippen LogP contribution in [-0.4, -0.2) is 42.8 Å². The van der Waals surface area contributed by atoms with Crippen molar-refractivity contribution in [2.75, 3.05) is 20.2 Å². The molecule has 0 radical (unpaired) electrons. The molecule has 1 saturated heterocycles. The van der Waals surface area contributed by atoms with E-state index in [4.69, 9.17) is 9.47 Å². The first kappa shape index (κ1) is 29.7. The molecule has 0 bridgehead atoms. The Morgan fingerprint density at radius 1 is 1.00 bits per heavy atom. The molecule has 41 heavy (non-hydrogen) atoms. The average Bonchev–Trinajstić information content (AvgIpc) is 3.73. The second kappa shape index (κ2) is 10.5. The number of carbonyl (C=O) groups is 1. The Balaban J connectivity index is 1.32. The summed E-state index contributed by atoms with van der Waals surface area (Å²) in [5.41, 5.74) is -2.97. The Morgan fingerprint density at radius 2 is 1.68 bits per heavy atom. The Hall–Kier alpha value is -2.82. The monoisotopic (exact) mass is 587 g/mol. The molecule has 2 aliphatic heterocycles. The number of benzene rings is 2. The highest BCUT2D eigenvalue weighted by Gasteiger charge is 2.54. The van der Waals surface area contributed by atoms with Crippen LogP contribution in [0.1, 0.15) is 72.9 Å². The molecule has 4 nitrogen and oxygen atoms in total. The van der Waals surface area contributed by atoms with Gasteiger partial charge in [-0.2, -0.15) is 26.3 Å². The van der Waals surface area contributed by atoms with E-state index in [0.717, 1.165) is 24.0 Å². The standard InChI is InChI=1S/C30H32F7NO3/c1-16(27(39)40-3)26(19-5-6-19)20-7-4-18-8-11-25(41-24(18)12-20)28(31)14-38(15-28)17(2)22-13-21(29(32,33)34)9-10-23(22)30(35,36)37/h4,7,9-10,12-13,16-17,19,25-26H,5-6,8,11,14-15H2,1-3H3/t16-,17+,25?,26-/m0/s1. The smallest absolute Gasteiger partial charge is 0.416 e. The van der Waals surface area contributed by atoms with Gasteiger partial charge in [-0.3, -0.25) is 9.69 Å². The van der Waals surface area contributed by atoms with Crippen molar-refractivity contribution in [3.63, 3.8) is 0 Å². The van der Waals surface area contributed by atoms with E-state index in [1.807, 2.05) is 25.1 Å². The summed E-state index contributed by atoms with van der Waals surface area (Å²) in [6.07, 6.45) is -7.65. The summed E-state index contributed by atoms with van der Waals surface area (Å²) in [4.78, 5) is 13.7. The minimum Gasteiger partial charge on any atom is -0.487 e. The first-order chi connectivity index (χ1) is 19.1. The minimum absolute atomic E-state index is 0.0635. The summed E-state index contributed by atoms with van der Waals surface area (Å²) in [5.74, 6) is 0.123. The largest absolute Gasteiger partial charge is 0.487 e. The number of carbonyl (C=O) groups excluding carboxylic acids is 1. The van der Waals surface area contributed by atoms with E-state index in [1.165, 1.54) is 18.9 Å². The maximum absolute atomic E-state index is 16.1. The number of ether oxygens (including phenoxy) is 2. The van der Waals surface area contributed by atoms with Gasteiger partial charge in [0.25, 0.3) is 0 Å². The molecule has 0 N–H and O–H groups in total. The van der Waals surface area contributed by atoms with E-state index < -0.39 is 46.9 Å². The normalized spacial score (nSPS) is 23.0. The Kier molecular flexibility index (Phi) is 7.58. The highest BCUT2D eigenvalue weighted by molar-refractivity contribution is 5.73. The lowest BCUT2D eigenvalue weighted by Gasteiger charge is -2.51. The van der Waals surface area contributed by atoms with Crippen molar-refractivity contribution in [2.45, 2.75) is 75.6 Å². The molecule has 4 atom stereocenters. The van der Waals surface area contributed by atoms with Gasteiger partial charge in [0.2, 0.25) is 0 Å². The molecule has 0 amide bonds. The second-order valence-corrected chi connectivity index (χ2v) is 11.6. The van der Waals surface area contributed by atoms with Gasteiger partial charge in [0, 0.05) is 19.1 Å². The van der Waals surface area contributed by atoms with Crippen molar-refractivity contribution >= 4 is 5.97 Å². The molecule has 0 spiro atoms. The molecule has 11 heteroatoms. The van der Waals surface area contributed by atoms with Crippen LogP contribution in [0.2, 0.25) is 0 Å². The van der Waals surface area contributed by atoms with Crippen molar-refractivity contribution in [3.05, 3.63) is 64.2 Å². The highest BCUT2D eigenvalue weighted by atomic mass is 19.4. The topological polar surface area (TPSA) is 38.8 Å². The van der Waals surface area contributed by atoms with Crippen molar-refractivity contribution in [3.8, 4) is 5.75 Å². The maximum Gasteiger partial charge on any atom is 0.416 e. The fourth-order valence-electron chi connectivity index (χ4n) is 6.36. The number of hydrogen-bond donors (Lipinski definition) is 0. The number of methoxy groups -OCH3 is 1. The number of fused-ring (bicyclic) bond motifs is 1. The fourth-order valence-corrected chi connectivity index (χ4v) is 6.36. The van der Waals surface area contributed by atoms with E-state index in [0.29, 0.717) is 42.7 Å². The third-order valence-corrected chi connectivity index (χ3v) is 8.85. The molecule has 5 rings (SSSR count). The summed E-state index contributed by atoms with van der Waals surface area (Å²) in [5, 5.41) is 0. The zero-order valence-electron chi connectivity index (χ0n) is 22.9. The highest BCUT2D eigenvalue weighted by Crippen LogP contribution is 2.49. The van der Waals surface area contributed by atoms with Crippen LogP contribution < -0.4 is 4.74 Å². The van der Waals surface area contributed by atoms with E-state index in [2.05, 4.69) is 0 Å². The van der Waals surface area contributed by atoms with E-state index in [9.17, 15) is 31.1 Å². The molecule has 1 saturated carbocycles. The van der Waals surface area contributed by atoms with Crippen LogP contribution >= 0.6 is 0 Å². The number of alkyl halides is 7. The first-order valence-electron chi connectivity index (χ1n) is 13.7. The predicted octanol–water partition coefficient (Wildman–Crippen LogP) is 7.51. The summed E-state index contributed by atoms with van der Waals surface area (Å²) < 4.78 is 108. The van der Waals surface area contributed by atoms with Crippen LogP contribution in [0.25, 0.3) is 0 Å². The van der Waals surface area contributed by atoms with Crippen LogP contribution in [0.5, 0.6) is 5.75 Å². The molecule has 2 heterocycles. The van der Waals surface area contributed by atoms with Gasteiger partial charge in [0.15, 0.2) is 5.67 Å². The van der Waals surface area contributed by atoms with Crippen molar-refractivity contribution < 1.29 is 45.0 Å². The molecule has 1 unspecified atom stereocenters. The number of esters is 1. The fraction of sp³-hybridized carbons (Fsp3) is 0.567. The molecule has 0 aromatic heterocycles. The predicted molar refractivity (Wildman–Crippen MR) is 136 cm³/mol. The second-order valence-electron chi connectivity index (χ2n) is 11.6. The van der Waals surface area contributed by atoms with Crippen LogP contribution in [-0.2, 0) is 28.3 Å². The van der Waals surface area contributed by atoms with Crippen LogP contribution in [0.4, 0.5) is 30.7 Å². The van der Waals surface area contributed by atoms with E-state index in [-0.39, 0.29) is 30.9 Å². The number of rotatable bonds is 7. The molecule has 1 aliphatic carbocycles. The van der Waals surface area contributed by atoms with Gasteiger partial charge in [0.1, 0.15) is 11.9 Å². The van der Waals surface area contributed by atoms with Crippen molar-refractivity contribution in [1.29, 1.82) is 0 Å². The van der Waals surface area contributed by atoms with Gasteiger partial charge in [-0.05, 0) is 85.4 Å². The van der Waals surface area contributed by atoms with Gasteiger partial charge in [0.05, 0.1) is 24.2 Å². The number of nitrogens with zero attached hydrogens (tertiary/aromatic N) is 1. The Labute approximate surface area is 233 Å². The van der Waals surface area contributed by atoms with Crippen molar-refractivity contribution in [1.82, 2.24) is 4.90 Å². The molecular formula is C30H32F7NO3. The summed E-state index contributed by atoms with van der Waals surface area (Å²) in [6, 6.07) is 6.00. The van der Waals surface area contributed by atoms with Gasteiger partial charge in [-0.25, -0.2) is 4.39 Å². The zero-order valence-corrected chi connectivity index (χ0v) is 22.9.